The molecule has 1 aliphatic rings. The third kappa shape index (κ3) is 3.10. The van der Waals surface area contributed by atoms with Crippen LogP contribution < -0.4 is 5.32 Å². The van der Waals surface area contributed by atoms with Crippen LogP contribution in [-0.2, 0) is 9.59 Å². The maximum atomic E-state index is 13.1. The number of amides is 1. The number of carbonyl (C=O) groups excluding carboxylic acids is 1. The molecule has 1 saturated carbocycles. The Morgan fingerprint density at radius 1 is 1.32 bits per heavy atom. The highest BCUT2D eigenvalue weighted by atomic mass is 19.1. The van der Waals surface area contributed by atoms with Crippen LogP contribution in [0.25, 0.3) is 0 Å². The molecule has 0 aliphatic heterocycles. The zero-order valence-electron chi connectivity index (χ0n) is 10.6. The van der Waals surface area contributed by atoms with Gasteiger partial charge in [-0.2, -0.15) is 0 Å². The first-order valence-electron chi connectivity index (χ1n) is 6.27. The second-order valence-electron chi connectivity index (χ2n) is 4.99. The van der Waals surface area contributed by atoms with Gasteiger partial charge in [-0.05, 0) is 43.9 Å². The van der Waals surface area contributed by atoms with Gasteiger partial charge in [0.05, 0.1) is 5.92 Å². The maximum absolute atomic E-state index is 13.1. The standard InChI is InChI=1S/C14H16FNO3/c1-8-2-5-11(15)7-12(8)16-13(17)9-3-4-10(6-9)14(18)19/h2,5,7,9-10H,3-4,6H2,1H3,(H,16,17)(H,18,19)/t9-,10+/m1/s1. The van der Waals surface area contributed by atoms with Gasteiger partial charge in [0, 0.05) is 11.6 Å². The Kier molecular flexibility index (Phi) is 3.83. The lowest BCUT2D eigenvalue weighted by Crippen LogP contribution is -2.22. The first-order valence-corrected chi connectivity index (χ1v) is 6.27. The van der Waals surface area contributed by atoms with E-state index in [0.29, 0.717) is 24.9 Å². The van der Waals surface area contributed by atoms with Crippen LogP contribution in [0.1, 0.15) is 24.8 Å². The van der Waals surface area contributed by atoms with Gasteiger partial charge in [-0.1, -0.05) is 6.07 Å². The van der Waals surface area contributed by atoms with Gasteiger partial charge in [-0.25, -0.2) is 4.39 Å². The molecule has 1 amide bonds. The largest absolute Gasteiger partial charge is 0.481 e. The first-order chi connectivity index (χ1) is 8.97. The molecule has 19 heavy (non-hydrogen) atoms. The van der Waals surface area contributed by atoms with Crippen LogP contribution in [0.5, 0.6) is 0 Å². The lowest BCUT2D eigenvalue weighted by Gasteiger charge is -2.12. The molecule has 1 aliphatic carbocycles. The van der Waals surface area contributed by atoms with Crippen molar-refractivity contribution in [1.82, 2.24) is 0 Å². The Labute approximate surface area is 110 Å². The highest BCUT2D eigenvalue weighted by molar-refractivity contribution is 5.93. The van der Waals surface area contributed by atoms with Gasteiger partial charge in [0.2, 0.25) is 5.91 Å². The van der Waals surface area contributed by atoms with Crippen LogP contribution in [-0.4, -0.2) is 17.0 Å². The maximum Gasteiger partial charge on any atom is 0.306 e. The van der Waals surface area contributed by atoms with Crippen molar-refractivity contribution >= 4 is 17.6 Å². The summed E-state index contributed by atoms with van der Waals surface area (Å²) >= 11 is 0. The molecule has 0 aromatic heterocycles. The van der Waals surface area contributed by atoms with Gasteiger partial charge < -0.3 is 10.4 Å². The minimum absolute atomic E-state index is 0.225. The zero-order valence-corrected chi connectivity index (χ0v) is 10.6. The van der Waals surface area contributed by atoms with E-state index < -0.39 is 17.7 Å². The van der Waals surface area contributed by atoms with Crippen LogP contribution in [0.15, 0.2) is 18.2 Å². The van der Waals surface area contributed by atoms with Crippen molar-refractivity contribution in [3.8, 4) is 0 Å². The Bertz CT molecular complexity index is 515. The number of benzene rings is 1. The monoisotopic (exact) mass is 265 g/mol. The minimum atomic E-state index is -0.850. The SMILES string of the molecule is Cc1ccc(F)cc1NC(=O)[C@@H]1CC[C@H](C(=O)O)C1. The third-order valence-electron chi connectivity index (χ3n) is 3.61. The van der Waals surface area contributed by atoms with Crippen molar-refractivity contribution in [3.05, 3.63) is 29.6 Å². The van der Waals surface area contributed by atoms with E-state index in [1.165, 1.54) is 12.1 Å². The van der Waals surface area contributed by atoms with Crippen molar-refractivity contribution in [2.75, 3.05) is 5.32 Å². The van der Waals surface area contributed by atoms with Crippen LogP contribution in [0.4, 0.5) is 10.1 Å². The molecule has 0 heterocycles. The van der Waals surface area contributed by atoms with E-state index in [1.807, 2.05) is 0 Å². The second kappa shape index (κ2) is 5.38. The molecule has 0 unspecified atom stereocenters. The minimum Gasteiger partial charge on any atom is -0.481 e. The van der Waals surface area contributed by atoms with Gasteiger partial charge in [0.25, 0.3) is 0 Å². The van der Waals surface area contributed by atoms with Crippen molar-refractivity contribution in [2.45, 2.75) is 26.2 Å². The van der Waals surface area contributed by atoms with Gasteiger partial charge in [0.1, 0.15) is 5.82 Å². The Morgan fingerprint density at radius 3 is 2.63 bits per heavy atom. The molecule has 2 atom stereocenters. The molecule has 1 fully saturated rings. The topological polar surface area (TPSA) is 66.4 Å². The number of aliphatic carboxylic acids is 1. The average molecular weight is 265 g/mol. The summed E-state index contributed by atoms with van der Waals surface area (Å²) in [6, 6.07) is 4.21. The molecule has 2 N–H and O–H groups in total. The molecule has 5 heteroatoms. The van der Waals surface area contributed by atoms with E-state index in [9.17, 15) is 14.0 Å². The molecule has 0 bridgehead atoms. The number of anilines is 1. The van der Waals surface area contributed by atoms with Crippen molar-refractivity contribution in [3.63, 3.8) is 0 Å². The number of carboxylic acid groups (broad SMARTS) is 1. The number of aryl methyl sites for hydroxylation is 1. The Balaban J connectivity index is 2.02. The fourth-order valence-electron chi connectivity index (χ4n) is 2.41. The number of carbonyl (C=O) groups is 2. The summed E-state index contributed by atoms with van der Waals surface area (Å²) < 4.78 is 13.1. The summed E-state index contributed by atoms with van der Waals surface area (Å²) in [5, 5.41) is 11.6. The quantitative estimate of drug-likeness (QED) is 0.882. The summed E-state index contributed by atoms with van der Waals surface area (Å²) in [5.41, 5.74) is 1.23. The predicted octanol–water partition coefficient (Wildman–Crippen LogP) is 2.57. The van der Waals surface area contributed by atoms with Gasteiger partial charge in [0.15, 0.2) is 0 Å². The first kappa shape index (κ1) is 13.5. The molecule has 1 aromatic rings. The zero-order chi connectivity index (χ0) is 14.0. The van der Waals surface area contributed by atoms with E-state index in [0.717, 1.165) is 5.56 Å². The number of carboxylic acids is 1. The molecule has 2 rings (SSSR count). The summed E-state index contributed by atoms with van der Waals surface area (Å²) in [6.45, 7) is 1.78. The van der Waals surface area contributed by atoms with Crippen molar-refractivity contribution < 1.29 is 19.1 Å². The third-order valence-corrected chi connectivity index (χ3v) is 3.61. The molecule has 1 aromatic carbocycles. The van der Waals surface area contributed by atoms with Crippen LogP contribution >= 0.6 is 0 Å². The fraction of sp³-hybridized carbons (Fsp3) is 0.429. The molecular weight excluding hydrogens is 249 g/mol. The normalized spacial score (nSPS) is 22.2. The number of nitrogens with one attached hydrogen (secondary N) is 1. The molecule has 0 radical (unpaired) electrons. The Hall–Kier alpha value is -1.91. The van der Waals surface area contributed by atoms with Crippen LogP contribution in [0.2, 0.25) is 0 Å². The highest BCUT2D eigenvalue weighted by Gasteiger charge is 2.33. The van der Waals surface area contributed by atoms with E-state index in [1.54, 1.807) is 13.0 Å². The van der Waals surface area contributed by atoms with E-state index in [2.05, 4.69) is 5.32 Å². The summed E-state index contributed by atoms with van der Waals surface area (Å²) in [7, 11) is 0. The lowest BCUT2D eigenvalue weighted by molar-refractivity contribution is -0.141. The van der Waals surface area contributed by atoms with Crippen LogP contribution in [0.3, 0.4) is 0 Å². The summed E-state index contributed by atoms with van der Waals surface area (Å²) in [6.07, 6.45) is 1.45. The van der Waals surface area contributed by atoms with Gasteiger partial charge in [-0.15, -0.1) is 0 Å². The molecule has 0 saturated heterocycles. The fourth-order valence-corrected chi connectivity index (χ4v) is 2.41. The number of hydrogen-bond acceptors (Lipinski definition) is 2. The average Bonchev–Trinajstić information content (AvgIpc) is 2.83. The number of hydrogen-bond donors (Lipinski definition) is 2. The second-order valence-corrected chi connectivity index (χ2v) is 4.99. The van der Waals surface area contributed by atoms with E-state index in [4.69, 9.17) is 5.11 Å². The number of halogens is 1. The molecular formula is C14H16FNO3. The molecule has 4 nitrogen and oxygen atoms in total. The summed E-state index contributed by atoms with van der Waals surface area (Å²) in [4.78, 5) is 22.9. The predicted molar refractivity (Wildman–Crippen MR) is 68.2 cm³/mol. The van der Waals surface area contributed by atoms with E-state index >= 15 is 0 Å². The number of rotatable bonds is 3. The summed E-state index contributed by atoms with van der Waals surface area (Å²) in [5.74, 6) is -2.22. The van der Waals surface area contributed by atoms with E-state index in [-0.39, 0.29) is 11.8 Å². The van der Waals surface area contributed by atoms with Crippen LogP contribution in [0, 0.1) is 24.6 Å². The van der Waals surface area contributed by atoms with Crippen molar-refractivity contribution in [2.24, 2.45) is 11.8 Å². The lowest BCUT2D eigenvalue weighted by atomic mass is 10.0. The van der Waals surface area contributed by atoms with Gasteiger partial charge >= 0.3 is 5.97 Å². The van der Waals surface area contributed by atoms with Crippen molar-refractivity contribution in [1.29, 1.82) is 0 Å². The molecule has 0 spiro atoms. The smallest absolute Gasteiger partial charge is 0.306 e. The Morgan fingerprint density at radius 2 is 2.00 bits per heavy atom. The highest BCUT2D eigenvalue weighted by Crippen LogP contribution is 2.32. The van der Waals surface area contributed by atoms with Gasteiger partial charge in [-0.3, -0.25) is 9.59 Å². The molecule has 102 valence electrons.